The summed E-state index contributed by atoms with van der Waals surface area (Å²) in [6.07, 6.45) is -0.225. The number of hydrogen-bond acceptors (Lipinski definition) is 21. The molecular weight excluding hydrogens is 1020 g/mol. The molecule has 4 heterocycles. The number of aliphatic hydroxyl groups is 3. The SMILES string of the molecule is C.Cc1cc2c(O)cc(O)cc2oc1=O.Cc1ccc(C2=C(O)Cc3c(O)cc(O)cc3O2)cc1O.OC1=C(c2ccc(O)c(O)c2)Oc2c(c(O)cc(O)c2C2C(O)=C(c3ccc(O)c(O)c3)Oc3cc(O)cc(O)c32)C1. The molecule has 0 bridgehead atoms. The zero-order chi connectivity index (χ0) is 55.5. The normalized spacial score (nSPS) is 14.2. The lowest BCUT2D eigenvalue weighted by Gasteiger charge is -2.32. The monoisotopic (exact) mass is 1070 g/mol. The molecule has 0 saturated carbocycles. The van der Waals surface area contributed by atoms with Gasteiger partial charge in [-0.15, -0.1) is 0 Å². The number of aromatic hydroxyl groups is 13. The summed E-state index contributed by atoms with van der Waals surface area (Å²) < 4.78 is 22.3. The predicted octanol–water partition coefficient (Wildman–Crippen LogP) is 9.77. The highest BCUT2D eigenvalue weighted by Gasteiger charge is 2.41. The number of ether oxygens (including phenoxy) is 3. The van der Waals surface area contributed by atoms with E-state index < -0.39 is 63.3 Å². The van der Waals surface area contributed by atoms with Gasteiger partial charge in [-0.1, -0.05) is 19.6 Å². The number of fused-ring (bicyclic) bond motifs is 4. The molecule has 1 unspecified atom stereocenters. The molecule has 1 atom stereocenters. The van der Waals surface area contributed by atoms with Crippen molar-refractivity contribution < 1.29 is 100 Å². The van der Waals surface area contributed by atoms with E-state index in [0.717, 1.165) is 42.5 Å². The molecule has 16 N–H and O–H groups in total. The van der Waals surface area contributed by atoms with Crippen molar-refractivity contribution >= 4 is 28.2 Å². The molecule has 21 heteroatoms. The minimum Gasteiger partial charge on any atom is -0.508 e. The van der Waals surface area contributed by atoms with Crippen LogP contribution in [-0.2, 0) is 12.8 Å². The fourth-order valence-corrected chi connectivity index (χ4v) is 8.67. The topological polar surface area (TPSA) is 382 Å². The molecule has 0 saturated heterocycles. The van der Waals surface area contributed by atoms with Gasteiger partial charge >= 0.3 is 5.63 Å². The number of allylic oxidation sites excluding steroid dienone is 3. The smallest absolute Gasteiger partial charge is 0.339 e. The van der Waals surface area contributed by atoms with Gasteiger partial charge < -0.3 is 100 Å². The van der Waals surface area contributed by atoms with Gasteiger partial charge in [-0.05, 0) is 67.9 Å². The van der Waals surface area contributed by atoms with Crippen molar-refractivity contribution in [1.82, 2.24) is 0 Å². The average Bonchev–Trinajstić information content (AvgIpc) is 3.42. The van der Waals surface area contributed by atoms with Crippen molar-refractivity contribution in [3.8, 4) is 92.0 Å². The molecule has 11 rings (SSSR count). The molecule has 0 spiro atoms. The molecule has 21 nitrogen and oxygen atoms in total. The molecule has 8 aromatic rings. The van der Waals surface area contributed by atoms with Crippen molar-refractivity contribution in [2.75, 3.05) is 0 Å². The summed E-state index contributed by atoms with van der Waals surface area (Å²) in [7, 11) is 0. The maximum absolute atomic E-state index is 11.6. The van der Waals surface area contributed by atoms with Gasteiger partial charge in [0.05, 0.1) is 22.4 Å². The number of benzene rings is 7. The maximum Gasteiger partial charge on any atom is 0.339 e. The first-order valence-electron chi connectivity index (χ1n) is 22.8. The van der Waals surface area contributed by atoms with E-state index in [1.165, 1.54) is 48.5 Å². The third-order valence-corrected chi connectivity index (χ3v) is 12.5. The minimum absolute atomic E-state index is 0. The van der Waals surface area contributed by atoms with E-state index in [4.69, 9.17) is 23.7 Å². The Morgan fingerprint density at radius 2 is 0.897 bits per heavy atom. The Kier molecular flexibility index (Phi) is 14.0. The van der Waals surface area contributed by atoms with Gasteiger partial charge in [-0.3, -0.25) is 0 Å². The van der Waals surface area contributed by atoms with Crippen molar-refractivity contribution in [3.05, 3.63) is 181 Å². The van der Waals surface area contributed by atoms with Crippen molar-refractivity contribution in [1.29, 1.82) is 0 Å². The molecule has 78 heavy (non-hydrogen) atoms. The summed E-state index contributed by atoms with van der Waals surface area (Å²) in [5.74, 6) is -7.11. The van der Waals surface area contributed by atoms with E-state index in [1.54, 1.807) is 26.0 Å². The largest absolute Gasteiger partial charge is 0.508 e. The predicted molar refractivity (Wildman–Crippen MR) is 279 cm³/mol. The van der Waals surface area contributed by atoms with Crippen LogP contribution in [0.4, 0.5) is 0 Å². The van der Waals surface area contributed by atoms with E-state index in [1.807, 2.05) is 0 Å². The molecule has 1 aromatic heterocycles. The Bertz CT molecular complexity index is 3920. The molecule has 0 radical (unpaired) electrons. The maximum atomic E-state index is 11.6. The first-order chi connectivity index (χ1) is 36.5. The third-order valence-electron chi connectivity index (χ3n) is 12.5. The summed E-state index contributed by atoms with van der Waals surface area (Å²) in [6, 6.07) is 21.8. The average molecular weight is 1070 g/mol. The van der Waals surface area contributed by atoms with E-state index in [2.05, 4.69) is 0 Å². The van der Waals surface area contributed by atoms with Crippen LogP contribution >= 0.6 is 0 Å². The van der Waals surface area contributed by atoms with Crippen LogP contribution in [-0.4, -0.2) is 81.7 Å². The third kappa shape index (κ3) is 9.96. The quantitative estimate of drug-likeness (QED) is 0.0575. The summed E-state index contributed by atoms with van der Waals surface area (Å²) in [4.78, 5) is 11.1. The number of rotatable bonds is 4. The van der Waals surface area contributed by atoms with Gasteiger partial charge in [0.25, 0.3) is 0 Å². The first kappa shape index (κ1) is 53.5. The van der Waals surface area contributed by atoms with Crippen LogP contribution in [0.5, 0.6) is 92.0 Å². The second-order valence-corrected chi connectivity index (χ2v) is 17.8. The Morgan fingerprint density at radius 1 is 0.410 bits per heavy atom. The summed E-state index contributed by atoms with van der Waals surface area (Å²) in [6.45, 7) is 3.36. The number of phenols is 13. The van der Waals surface area contributed by atoms with E-state index >= 15 is 0 Å². The lowest BCUT2D eigenvalue weighted by atomic mass is 9.82. The van der Waals surface area contributed by atoms with Crippen LogP contribution < -0.4 is 19.8 Å². The van der Waals surface area contributed by atoms with E-state index in [-0.39, 0.29) is 128 Å². The molecule has 0 fully saturated rings. The number of phenolic OH excluding ortho intramolecular Hbond substituents is 13. The molecular formula is C57H48O21. The molecule has 402 valence electrons. The van der Waals surface area contributed by atoms with Gasteiger partial charge in [-0.25, -0.2) is 4.79 Å². The fraction of sp³-hybridized carbons (Fsp3) is 0.105. The molecule has 0 aliphatic carbocycles. The van der Waals surface area contributed by atoms with Crippen LogP contribution in [0.15, 0.2) is 130 Å². The van der Waals surface area contributed by atoms with Crippen LogP contribution in [0.1, 0.15) is 63.4 Å². The lowest BCUT2D eigenvalue weighted by molar-refractivity contribution is 0.320. The Morgan fingerprint density at radius 3 is 1.51 bits per heavy atom. The molecule has 3 aliphatic rings. The highest BCUT2D eigenvalue weighted by molar-refractivity contribution is 5.85. The van der Waals surface area contributed by atoms with Gasteiger partial charge in [0.2, 0.25) is 0 Å². The molecule has 0 amide bonds. The van der Waals surface area contributed by atoms with Crippen molar-refractivity contribution in [3.63, 3.8) is 0 Å². The summed E-state index contributed by atoms with van der Waals surface area (Å²) in [5.41, 5.74) is 1.69. The summed E-state index contributed by atoms with van der Waals surface area (Å²) >= 11 is 0. The Labute approximate surface area is 440 Å². The van der Waals surface area contributed by atoms with E-state index in [0.29, 0.717) is 27.6 Å². The Balaban J connectivity index is 0.000000184. The van der Waals surface area contributed by atoms with Gasteiger partial charge in [0, 0.05) is 88.7 Å². The van der Waals surface area contributed by atoms with Gasteiger partial charge in [0.15, 0.2) is 40.3 Å². The van der Waals surface area contributed by atoms with Crippen LogP contribution in [0.3, 0.4) is 0 Å². The van der Waals surface area contributed by atoms with Crippen molar-refractivity contribution in [2.45, 2.75) is 40.0 Å². The highest BCUT2D eigenvalue weighted by atomic mass is 16.5. The van der Waals surface area contributed by atoms with Crippen LogP contribution in [0, 0.1) is 13.8 Å². The molecule has 7 aromatic carbocycles. The first-order valence-corrected chi connectivity index (χ1v) is 22.8. The van der Waals surface area contributed by atoms with Crippen molar-refractivity contribution in [2.24, 2.45) is 0 Å². The van der Waals surface area contributed by atoms with Crippen LogP contribution in [0.25, 0.3) is 28.2 Å². The minimum atomic E-state index is -1.47. The molecule has 3 aliphatic heterocycles. The zero-order valence-corrected chi connectivity index (χ0v) is 40.0. The lowest BCUT2D eigenvalue weighted by Crippen LogP contribution is -2.19. The second kappa shape index (κ2) is 20.5. The second-order valence-electron chi connectivity index (χ2n) is 17.8. The number of aryl methyl sites for hydroxylation is 2. The summed E-state index contributed by atoms with van der Waals surface area (Å²) in [5, 5.41) is 163. The van der Waals surface area contributed by atoms with E-state index in [9.17, 15) is 81.4 Å². The standard InChI is InChI=1S/C30H22O12.C16H14O5.C10H8O4.CH4/c31-13-7-20(37)24-23(8-13)41-29(12-2-4-16(33)19(36)6-12)27(40)26(24)25-21(38)10-17(34)14-9-22(39)28(42-30(14)25)11-1-3-15(32)18(35)5-11;1-8-2-3-9(4-12(8)18)16-14(20)7-11-13(19)5-10(17)6-15(11)21-16;1-5-2-7-8(12)3-6(11)4-9(7)14-10(5)13;/h1-8,10,26,31-40H,9H2;2-6,17-20H,7H2,1H3;2-4,11-12H,1H3;1H4. The van der Waals surface area contributed by atoms with Gasteiger partial charge in [0.1, 0.15) is 91.9 Å². The zero-order valence-electron chi connectivity index (χ0n) is 40.0. The number of aliphatic hydroxyl groups excluding tert-OH is 3. The fourth-order valence-electron chi connectivity index (χ4n) is 8.67. The highest BCUT2D eigenvalue weighted by Crippen LogP contribution is 2.57. The Hall–Kier alpha value is -10.8. The number of hydrogen-bond donors (Lipinski definition) is 16. The van der Waals surface area contributed by atoms with Gasteiger partial charge in [-0.2, -0.15) is 0 Å². The van der Waals surface area contributed by atoms with Crippen LogP contribution in [0.2, 0.25) is 0 Å².